The van der Waals surface area contributed by atoms with Gasteiger partial charge in [0.1, 0.15) is 4.88 Å². The first kappa shape index (κ1) is 15.2. The van der Waals surface area contributed by atoms with Crippen molar-refractivity contribution in [2.24, 2.45) is 11.8 Å². The number of nitrogens with zero attached hydrogens (tertiary/aromatic N) is 1. The number of hydrogen-bond acceptors (Lipinski definition) is 4. The molecule has 0 spiro atoms. The maximum atomic E-state index is 12.4. The third-order valence-electron chi connectivity index (χ3n) is 3.34. The van der Waals surface area contributed by atoms with Crippen molar-refractivity contribution in [1.29, 1.82) is 0 Å². The highest BCUT2D eigenvalue weighted by Gasteiger charge is 2.23. The van der Waals surface area contributed by atoms with Crippen LogP contribution in [0.2, 0.25) is 0 Å². The van der Waals surface area contributed by atoms with Gasteiger partial charge < -0.3 is 10.4 Å². The Morgan fingerprint density at radius 1 is 1.55 bits per heavy atom. The average molecular weight is 294 g/mol. The largest absolute Gasteiger partial charge is 0.396 e. The number of thiazole rings is 1. The van der Waals surface area contributed by atoms with Gasteiger partial charge in [0, 0.05) is 18.6 Å². The molecule has 0 fully saturated rings. The Labute approximate surface area is 123 Å². The SMILES string of the molecule is Cc1nc(CC(C)C)c(C(=O)N[C@@H]2C=C[C@H](CO)C2)s1. The third-order valence-corrected chi connectivity index (χ3v) is 4.35. The Morgan fingerprint density at radius 3 is 2.90 bits per heavy atom. The van der Waals surface area contributed by atoms with E-state index in [9.17, 15) is 4.79 Å². The Balaban J connectivity index is 2.04. The minimum absolute atomic E-state index is 0.0222. The molecule has 0 bridgehead atoms. The van der Waals surface area contributed by atoms with Crippen LogP contribution in [-0.2, 0) is 6.42 Å². The van der Waals surface area contributed by atoms with Gasteiger partial charge in [-0.1, -0.05) is 26.0 Å². The van der Waals surface area contributed by atoms with Crippen LogP contribution >= 0.6 is 11.3 Å². The fourth-order valence-corrected chi connectivity index (χ4v) is 3.27. The van der Waals surface area contributed by atoms with E-state index in [1.54, 1.807) is 0 Å². The molecule has 2 atom stereocenters. The normalized spacial score (nSPS) is 21.6. The quantitative estimate of drug-likeness (QED) is 0.819. The van der Waals surface area contributed by atoms with Gasteiger partial charge in [0.05, 0.1) is 10.7 Å². The molecule has 1 amide bonds. The molecule has 2 N–H and O–H groups in total. The lowest BCUT2D eigenvalue weighted by atomic mass is 10.1. The van der Waals surface area contributed by atoms with Crippen molar-refractivity contribution in [2.45, 2.75) is 39.7 Å². The van der Waals surface area contributed by atoms with Crippen molar-refractivity contribution in [3.05, 3.63) is 27.7 Å². The van der Waals surface area contributed by atoms with Gasteiger partial charge >= 0.3 is 0 Å². The van der Waals surface area contributed by atoms with E-state index < -0.39 is 0 Å². The number of carbonyl (C=O) groups excluding carboxylic acids is 1. The van der Waals surface area contributed by atoms with Gasteiger partial charge in [0.25, 0.3) is 5.91 Å². The average Bonchev–Trinajstić information content (AvgIpc) is 2.95. The molecule has 2 rings (SSSR count). The zero-order valence-corrected chi connectivity index (χ0v) is 13.0. The number of amides is 1. The molecular formula is C15H22N2O2S. The van der Waals surface area contributed by atoms with Crippen molar-refractivity contribution in [2.75, 3.05) is 6.61 Å². The van der Waals surface area contributed by atoms with E-state index in [0.29, 0.717) is 5.92 Å². The number of aryl methyl sites for hydroxylation is 1. The lowest BCUT2D eigenvalue weighted by Crippen LogP contribution is -2.33. The second-order valence-corrected chi connectivity index (χ2v) is 6.95. The highest BCUT2D eigenvalue weighted by atomic mass is 32.1. The van der Waals surface area contributed by atoms with Crippen molar-refractivity contribution >= 4 is 17.2 Å². The monoisotopic (exact) mass is 294 g/mol. The van der Waals surface area contributed by atoms with E-state index in [4.69, 9.17) is 5.11 Å². The molecule has 0 aromatic carbocycles. The smallest absolute Gasteiger partial charge is 0.263 e. The number of nitrogens with one attached hydrogen (secondary N) is 1. The van der Waals surface area contributed by atoms with Crippen LogP contribution < -0.4 is 5.32 Å². The molecule has 0 aliphatic heterocycles. The lowest BCUT2D eigenvalue weighted by Gasteiger charge is -2.12. The van der Waals surface area contributed by atoms with Gasteiger partial charge in [-0.25, -0.2) is 4.98 Å². The highest BCUT2D eigenvalue weighted by Crippen LogP contribution is 2.22. The Hall–Kier alpha value is -1.20. The molecule has 110 valence electrons. The fraction of sp³-hybridized carbons (Fsp3) is 0.600. The maximum Gasteiger partial charge on any atom is 0.263 e. The zero-order valence-electron chi connectivity index (χ0n) is 12.2. The summed E-state index contributed by atoms with van der Waals surface area (Å²) in [5, 5.41) is 13.1. The summed E-state index contributed by atoms with van der Waals surface area (Å²) in [4.78, 5) is 17.6. The van der Waals surface area contributed by atoms with E-state index in [1.807, 2.05) is 19.1 Å². The van der Waals surface area contributed by atoms with Crippen LogP contribution in [0, 0.1) is 18.8 Å². The minimum atomic E-state index is -0.0421. The molecule has 5 heteroatoms. The van der Waals surface area contributed by atoms with E-state index in [0.717, 1.165) is 28.4 Å². The van der Waals surface area contributed by atoms with E-state index >= 15 is 0 Å². The summed E-state index contributed by atoms with van der Waals surface area (Å²) >= 11 is 1.46. The standard InChI is InChI=1S/C15H22N2O2S/c1-9(2)6-13-14(20-10(3)16-13)15(19)17-12-5-4-11(7-12)8-18/h4-5,9,11-12,18H,6-8H2,1-3H3,(H,17,19)/t11-,12+/m0/s1. The molecule has 1 aliphatic rings. The van der Waals surface area contributed by atoms with E-state index in [-0.39, 0.29) is 24.5 Å². The van der Waals surface area contributed by atoms with Crippen molar-refractivity contribution in [3.8, 4) is 0 Å². The van der Waals surface area contributed by atoms with Gasteiger partial charge in [-0.05, 0) is 25.7 Å². The third kappa shape index (κ3) is 3.67. The molecule has 1 aliphatic carbocycles. The van der Waals surface area contributed by atoms with Gasteiger partial charge in [-0.3, -0.25) is 4.79 Å². The molecule has 20 heavy (non-hydrogen) atoms. The highest BCUT2D eigenvalue weighted by molar-refractivity contribution is 7.13. The maximum absolute atomic E-state index is 12.4. The van der Waals surface area contributed by atoms with Crippen LogP contribution in [0.4, 0.5) is 0 Å². The number of rotatable bonds is 5. The fourth-order valence-electron chi connectivity index (χ4n) is 2.42. The summed E-state index contributed by atoms with van der Waals surface area (Å²) in [6.07, 6.45) is 5.54. The van der Waals surface area contributed by atoms with Gasteiger partial charge in [0.2, 0.25) is 0 Å². The second-order valence-electron chi connectivity index (χ2n) is 5.75. The van der Waals surface area contributed by atoms with Crippen molar-refractivity contribution in [3.63, 3.8) is 0 Å². The molecule has 1 heterocycles. The van der Waals surface area contributed by atoms with Crippen LogP contribution in [0.1, 0.15) is 40.6 Å². The number of aromatic nitrogens is 1. The first-order valence-corrected chi connectivity index (χ1v) is 7.87. The first-order valence-electron chi connectivity index (χ1n) is 7.06. The summed E-state index contributed by atoms with van der Waals surface area (Å²) < 4.78 is 0. The molecule has 0 radical (unpaired) electrons. The molecular weight excluding hydrogens is 272 g/mol. The molecule has 1 aromatic heterocycles. The molecule has 4 nitrogen and oxygen atoms in total. The predicted octanol–water partition coefficient (Wildman–Crippen LogP) is 2.32. The molecule has 0 saturated heterocycles. The number of carbonyl (C=O) groups is 1. The summed E-state index contributed by atoms with van der Waals surface area (Å²) in [5.41, 5.74) is 0.903. The first-order chi connectivity index (χ1) is 9.49. The van der Waals surface area contributed by atoms with E-state index in [1.165, 1.54) is 11.3 Å². The summed E-state index contributed by atoms with van der Waals surface area (Å²) in [6.45, 7) is 6.33. The van der Waals surface area contributed by atoms with Crippen LogP contribution in [-0.4, -0.2) is 28.6 Å². The van der Waals surface area contributed by atoms with Gasteiger partial charge in [-0.15, -0.1) is 11.3 Å². The summed E-state index contributed by atoms with van der Waals surface area (Å²) in [6, 6.07) is 0.0222. The Bertz CT molecular complexity index is 508. The molecule has 0 unspecified atom stereocenters. The summed E-state index contributed by atoms with van der Waals surface area (Å²) in [7, 11) is 0. The zero-order chi connectivity index (χ0) is 14.7. The Morgan fingerprint density at radius 2 is 2.30 bits per heavy atom. The number of aliphatic hydroxyl groups is 1. The number of aliphatic hydroxyl groups excluding tert-OH is 1. The van der Waals surface area contributed by atoms with Crippen molar-refractivity contribution in [1.82, 2.24) is 10.3 Å². The van der Waals surface area contributed by atoms with Crippen LogP contribution in [0.15, 0.2) is 12.2 Å². The molecule has 1 aromatic rings. The van der Waals surface area contributed by atoms with Crippen LogP contribution in [0.5, 0.6) is 0 Å². The van der Waals surface area contributed by atoms with Crippen LogP contribution in [0.25, 0.3) is 0 Å². The van der Waals surface area contributed by atoms with Crippen molar-refractivity contribution < 1.29 is 9.90 Å². The Kier molecular flexibility index (Phi) is 4.94. The van der Waals surface area contributed by atoms with Gasteiger partial charge in [0.15, 0.2) is 0 Å². The number of hydrogen-bond donors (Lipinski definition) is 2. The second kappa shape index (κ2) is 6.50. The minimum Gasteiger partial charge on any atom is -0.396 e. The van der Waals surface area contributed by atoms with Crippen LogP contribution in [0.3, 0.4) is 0 Å². The van der Waals surface area contributed by atoms with Gasteiger partial charge in [-0.2, -0.15) is 0 Å². The lowest BCUT2D eigenvalue weighted by molar-refractivity contribution is 0.0944. The summed E-state index contributed by atoms with van der Waals surface area (Å²) in [5.74, 6) is 0.603. The van der Waals surface area contributed by atoms with E-state index in [2.05, 4.69) is 24.1 Å². The topological polar surface area (TPSA) is 62.2 Å². The predicted molar refractivity (Wildman–Crippen MR) is 81.0 cm³/mol. The molecule has 0 saturated carbocycles.